The van der Waals surface area contributed by atoms with Gasteiger partial charge in [0.2, 0.25) is 5.91 Å². The van der Waals surface area contributed by atoms with Crippen LogP contribution >= 0.6 is 0 Å². The minimum Gasteiger partial charge on any atom is -0.464 e. The number of amides is 2. The molecule has 0 aromatic rings. The van der Waals surface area contributed by atoms with Gasteiger partial charge >= 0.3 is 12.1 Å². The average molecular weight is 368 g/mol. The summed E-state index contributed by atoms with van der Waals surface area (Å²) in [5, 5.41) is 4.37. The Bertz CT molecular complexity index is 496. The smallest absolute Gasteiger partial charge is 0.391 e. The van der Waals surface area contributed by atoms with Gasteiger partial charge in [0.25, 0.3) is 5.91 Å². The minimum atomic E-state index is -4.64. The first-order valence-electron chi connectivity index (χ1n) is 8.02. The lowest BCUT2D eigenvalue weighted by Crippen LogP contribution is -2.50. The Morgan fingerprint density at radius 2 is 1.84 bits per heavy atom. The lowest BCUT2D eigenvalue weighted by molar-refractivity contribution is -0.151. The second-order valence-electron chi connectivity index (χ2n) is 6.08. The van der Waals surface area contributed by atoms with Crippen molar-refractivity contribution < 1.29 is 37.0 Å². The molecule has 10 heteroatoms. The molecule has 2 unspecified atom stereocenters. The summed E-state index contributed by atoms with van der Waals surface area (Å²) in [6.45, 7) is 5.66. The van der Waals surface area contributed by atoms with Crippen molar-refractivity contribution in [3.63, 3.8) is 0 Å². The highest BCUT2D eigenvalue weighted by molar-refractivity contribution is 5.95. The van der Waals surface area contributed by atoms with Crippen LogP contribution in [0, 0.1) is 5.92 Å². The first-order chi connectivity index (χ1) is 11.5. The molecule has 0 aliphatic carbocycles. The van der Waals surface area contributed by atoms with Crippen LogP contribution in [0.2, 0.25) is 0 Å². The van der Waals surface area contributed by atoms with Crippen LogP contribution in [0.4, 0.5) is 13.2 Å². The molecule has 0 bridgehead atoms. The summed E-state index contributed by atoms with van der Waals surface area (Å²) in [5.74, 6) is -2.39. The summed E-state index contributed by atoms with van der Waals surface area (Å²) < 4.78 is 47.4. The number of hydrogen-bond donors (Lipinski definition) is 2. The van der Waals surface area contributed by atoms with E-state index in [9.17, 15) is 27.6 Å². The van der Waals surface area contributed by atoms with Gasteiger partial charge in [-0.3, -0.25) is 9.59 Å². The Labute approximate surface area is 143 Å². The quantitative estimate of drug-likeness (QED) is 0.466. The van der Waals surface area contributed by atoms with Gasteiger partial charge in [-0.15, -0.1) is 0 Å². The lowest BCUT2D eigenvalue weighted by Gasteiger charge is -2.19. The summed E-state index contributed by atoms with van der Waals surface area (Å²) in [5.41, 5.74) is 0. The molecule has 0 spiro atoms. The summed E-state index contributed by atoms with van der Waals surface area (Å²) in [7, 11) is 0. The summed E-state index contributed by atoms with van der Waals surface area (Å²) >= 11 is 0. The highest BCUT2D eigenvalue weighted by Gasteiger charge is 2.52. The van der Waals surface area contributed by atoms with Crippen molar-refractivity contribution in [3.05, 3.63) is 0 Å². The highest BCUT2D eigenvalue weighted by atomic mass is 19.4. The Hall–Kier alpha value is -1.84. The SMILES string of the molecule is CCOC(=O)[C@H]1OC1C(=O)NC(CC(F)(F)F)C(=O)NCCC(C)C. The molecule has 2 amide bonds. The van der Waals surface area contributed by atoms with Crippen LogP contribution in [0.3, 0.4) is 0 Å². The van der Waals surface area contributed by atoms with Crippen molar-refractivity contribution in [2.45, 2.75) is 58.0 Å². The van der Waals surface area contributed by atoms with E-state index < -0.39 is 48.6 Å². The molecule has 0 aromatic carbocycles. The highest BCUT2D eigenvalue weighted by Crippen LogP contribution is 2.25. The first-order valence-corrected chi connectivity index (χ1v) is 8.02. The van der Waals surface area contributed by atoms with Crippen LogP contribution in [0.25, 0.3) is 0 Å². The Kier molecular flexibility index (Phi) is 7.65. The van der Waals surface area contributed by atoms with E-state index in [2.05, 4.69) is 10.1 Å². The van der Waals surface area contributed by atoms with Crippen molar-refractivity contribution in [1.29, 1.82) is 0 Å². The van der Waals surface area contributed by atoms with Crippen molar-refractivity contribution in [2.75, 3.05) is 13.2 Å². The Balaban J connectivity index is 2.60. The predicted octanol–water partition coefficient (Wildman–Crippen LogP) is 0.916. The van der Waals surface area contributed by atoms with E-state index in [1.807, 2.05) is 19.2 Å². The molecule has 1 aliphatic rings. The number of hydrogen-bond acceptors (Lipinski definition) is 5. The fraction of sp³-hybridized carbons (Fsp3) is 0.800. The molecule has 1 rings (SSSR count). The molecule has 1 fully saturated rings. The number of carbonyl (C=O) groups excluding carboxylic acids is 3. The van der Waals surface area contributed by atoms with Gasteiger partial charge < -0.3 is 20.1 Å². The third-order valence-corrected chi connectivity index (χ3v) is 3.36. The van der Waals surface area contributed by atoms with Crippen LogP contribution in [-0.4, -0.2) is 55.4 Å². The molecule has 144 valence electrons. The number of rotatable bonds is 9. The molecule has 0 radical (unpaired) electrons. The van der Waals surface area contributed by atoms with Crippen molar-refractivity contribution in [2.24, 2.45) is 5.92 Å². The van der Waals surface area contributed by atoms with Crippen LogP contribution in [0.5, 0.6) is 0 Å². The minimum absolute atomic E-state index is 0.0853. The van der Waals surface area contributed by atoms with E-state index in [1.54, 1.807) is 6.92 Å². The molecular formula is C15H23F3N2O5. The zero-order valence-electron chi connectivity index (χ0n) is 14.3. The number of nitrogens with one attached hydrogen (secondary N) is 2. The number of epoxide rings is 1. The summed E-state index contributed by atoms with van der Waals surface area (Å²) in [6.07, 6.45) is -7.94. The van der Waals surface area contributed by atoms with Crippen LogP contribution < -0.4 is 10.6 Å². The third-order valence-electron chi connectivity index (χ3n) is 3.36. The van der Waals surface area contributed by atoms with E-state index in [0.717, 1.165) is 0 Å². The van der Waals surface area contributed by atoms with Crippen molar-refractivity contribution in [3.8, 4) is 0 Å². The van der Waals surface area contributed by atoms with Crippen molar-refractivity contribution >= 4 is 17.8 Å². The van der Waals surface area contributed by atoms with Crippen LogP contribution in [0.1, 0.15) is 33.6 Å². The molecule has 2 N–H and O–H groups in total. The summed E-state index contributed by atoms with van der Waals surface area (Å²) in [6, 6.07) is -1.79. The lowest BCUT2D eigenvalue weighted by atomic mass is 10.1. The van der Waals surface area contributed by atoms with Gasteiger partial charge in [0.15, 0.2) is 12.2 Å². The van der Waals surface area contributed by atoms with Gasteiger partial charge in [0.1, 0.15) is 6.04 Å². The van der Waals surface area contributed by atoms with E-state index >= 15 is 0 Å². The second kappa shape index (κ2) is 9.02. The van der Waals surface area contributed by atoms with Gasteiger partial charge in [-0.1, -0.05) is 13.8 Å². The van der Waals surface area contributed by atoms with E-state index in [-0.39, 0.29) is 19.1 Å². The van der Waals surface area contributed by atoms with Crippen LogP contribution in [0.15, 0.2) is 0 Å². The molecule has 0 saturated carbocycles. The largest absolute Gasteiger partial charge is 0.464 e. The van der Waals surface area contributed by atoms with E-state index in [1.165, 1.54) is 0 Å². The van der Waals surface area contributed by atoms with Crippen molar-refractivity contribution in [1.82, 2.24) is 10.6 Å². The maximum atomic E-state index is 12.7. The number of carbonyl (C=O) groups is 3. The Morgan fingerprint density at radius 1 is 1.20 bits per heavy atom. The van der Waals surface area contributed by atoms with Crippen LogP contribution in [-0.2, 0) is 23.9 Å². The van der Waals surface area contributed by atoms with Gasteiger partial charge in [-0.2, -0.15) is 13.2 Å². The van der Waals surface area contributed by atoms with Gasteiger partial charge in [-0.25, -0.2) is 4.79 Å². The Morgan fingerprint density at radius 3 is 2.36 bits per heavy atom. The third kappa shape index (κ3) is 7.72. The zero-order valence-corrected chi connectivity index (χ0v) is 14.3. The standard InChI is InChI=1S/C15H23F3N2O5/c1-4-24-14(23)11-10(25-11)13(22)20-9(7-15(16,17)18)12(21)19-6-5-8(2)3/h8-11H,4-7H2,1-3H3,(H,19,21)(H,20,22)/t9?,10?,11-/m0/s1. The molecular weight excluding hydrogens is 345 g/mol. The zero-order chi connectivity index (χ0) is 19.2. The molecule has 3 atom stereocenters. The van der Waals surface area contributed by atoms with Gasteiger partial charge in [0, 0.05) is 6.54 Å². The number of halogens is 3. The molecule has 1 aliphatic heterocycles. The van der Waals surface area contributed by atoms with E-state index in [0.29, 0.717) is 6.42 Å². The van der Waals surface area contributed by atoms with E-state index in [4.69, 9.17) is 4.74 Å². The number of ether oxygens (including phenoxy) is 2. The number of esters is 1. The number of alkyl halides is 3. The molecule has 1 saturated heterocycles. The molecule has 1 heterocycles. The predicted molar refractivity (Wildman–Crippen MR) is 80.4 cm³/mol. The maximum Gasteiger partial charge on any atom is 0.391 e. The summed E-state index contributed by atoms with van der Waals surface area (Å²) in [4.78, 5) is 35.2. The first kappa shape index (κ1) is 21.2. The second-order valence-corrected chi connectivity index (χ2v) is 6.08. The molecule has 7 nitrogen and oxygen atoms in total. The normalized spacial score (nSPS) is 20.8. The topological polar surface area (TPSA) is 97.0 Å². The fourth-order valence-electron chi connectivity index (χ4n) is 2.02. The fourth-order valence-corrected chi connectivity index (χ4v) is 2.02. The maximum absolute atomic E-state index is 12.7. The van der Waals surface area contributed by atoms with Gasteiger partial charge in [-0.05, 0) is 19.3 Å². The monoisotopic (exact) mass is 368 g/mol. The molecule has 0 aromatic heterocycles. The average Bonchev–Trinajstić information content (AvgIpc) is 3.25. The van der Waals surface area contributed by atoms with Gasteiger partial charge in [0.05, 0.1) is 13.0 Å². The molecule has 25 heavy (non-hydrogen) atoms.